The molecule has 19 heavy (non-hydrogen) atoms. The fourth-order valence-corrected chi connectivity index (χ4v) is 2.79. The summed E-state index contributed by atoms with van der Waals surface area (Å²) in [5, 5.41) is 13.7. The second-order valence-corrected chi connectivity index (χ2v) is 5.36. The minimum absolute atomic E-state index is 0.193. The molecule has 0 bridgehead atoms. The Morgan fingerprint density at radius 2 is 2.00 bits per heavy atom. The van der Waals surface area contributed by atoms with Crippen molar-refractivity contribution >= 4 is 0 Å². The molecule has 1 saturated carbocycles. The highest BCUT2D eigenvalue weighted by Crippen LogP contribution is 2.25. The number of aromatic nitrogens is 3. The van der Waals surface area contributed by atoms with Crippen molar-refractivity contribution < 1.29 is 5.11 Å². The predicted octanol–water partition coefficient (Wildman–Crippen LogP) is 3.23. The van der Waals surface area contributed by atoms with E-state index in [1.807, 2.05) is 23.1 Å². The molecule has 0 radical (unpaired) electrons. The lowest BCUT2D eigenvalue weighted by Crippen LogP contribution is -2.14. The highest BCUT2D eigenvalue weighted by atomic mass is 16.3. The lowest BCUT2D eigenvalue weighted by Gasteiger charge is -2.21. The normalized spacial score (nSPS) is 16.6. The van der Waals surface area contributed by atoms with Gasteiger partial charge in [-0.3, -0.25) is 9.67 Å². The number of hydrogen-bond acceptors (Lipinski definition) is 3. The van der Waals surface area contributed by atoms with Gasteiger partial charge < -0.3 is 5.11 Å². The number of aromatic hydroxyl groups is 1. The van der Waals surface area contributed by atoms with Crippen LogP contribution >= 0.6 is 0 Å². The summed E-state index contributed by atoms with van der Waals surface area (Å²) in [5.74, 6) is 0.965. The van der Waals surface area contributed by atoms with Crippen LogP contribution in [0.15, 0.2) is 30.7 Å². The Bertz CT molecular complexity index is 527. The van der Waals surface area contributed by atoms with E-state index in [4.69, 9.17) is 0 Å². The fraction of sp³-hybridized carbons (Fsp3) is 0.467. The molecule has 0 aromatic carbocycles. The summed E-state index contributed by atoms with van der Waals surface area (Å²) in [6, 6.07) is 3.47. The minimum Gasteiger partial charge on any atom is -0.506 e. The van der Waals surface area contributed by atoms with Gasteiger partial charge in [-0.25, -0.2) is 0 Å². The third kappa shape index (κ3) is 2.95. The summed E-state index contributed by atoms with van der Waals surface area (Å²) in [4.78, 5) is 4.21. The van der Waals surface area contributed by atoms with E-state index in [1.165, 1.54) is 38.3 Å². The zero-order valence-corrected chi connectivity index (χ0v) is 11.0. The van der Waals surface area contributed by atoms with Crippen LogP contribution in [0.4, 0.5) is 0 Å². The van der Waals surface area contributed by atoms with Crippen LogP contribution in [0.25, 0.3) is 11.3 Å². The van der Waals surface area contributed by atoms with E-state index in [0.717, 1.165) is 23.7 Å². The first-order chi connectivity index (χ1) is 9.31. The van der Waals surface area contributed by atoms with Crippen molar-refractivity contribution in [2.75, 3.05) is 0 Å². The summed E-state index contributed by atoms with van der Waals surface area (Å²) in [7, 11) is 0. The van der Waals surface area contributed by atoms with Crippen LogP contribution in [0.2, 0.25) is 0 Å². The highest BCUT2D eigenvalue weighted by molar-refractivity contribution is 5.57. The van der Waals surface area contributed by atoms with Crippen LogP contribution in [-0.4, -0.2) is 19.9 Å². The molecular weight excluding hydrogens is 238 g/mol. The van der Waals surface area contributed by atoms with Crippen molar-refractivity contribution in [2.24, 2.45) is 5.92 Å². The molecule has 3 rings (SSSR count). The third-order valence-corrected chi connectivity index (χ3v) is 3.85. The van der Waals surface area contributed by atoms with Crippen molar-refractivity contribution in [1.82, 2.24) is 14.8 Å². The van der Waals surface area contributed by atoms with E-state index in [1.54, 1.807) is 6.07 Å². The maximum absolute atomic E-state index is 9.24. The average Bonchev–Trinajstić information content (AvgIpc) is 2.89. The number of rotatable bonds is 3. The molecular formula is C15H19N3O. The Kier molecular flexibility index (Phi) is 3.49. The van der Waals surface area contributed by atoms with E-state index in [9.17, 15) is 5.11 Å². The first-order valence-electron chi connectivity index (χ1n) is 6.99. The van der Waals surface area contributed by atoms with Gasteiger partial charge in [0.25, 0.3) is 0 Å². The fourth-order valence-electron chi connectivity index (χ4n) is 2.79. The Hall–Kier alpha value is -1.84. The molecule has 0 atom stereocenters. The molecule has 1 N–H and O–H groups in total. The summed E-state index contributed by atoms with van der Waals surface area (Å²) in [5.41, 5.74) is 1.86. The molecule has 4 nitrogen and oxygen atoms in total. The molecule has 100 valence electrons. The van der Waals surface area contributed by atoms with Crippen molar-refractivity contribution in [3.63, 3.8) is 0 Å². The van der Waals surface area contributed by atoms with Crippen LogP contribution in [-0.2, 0) is 6.54 Å². The maximum Gasteiger partial charge on any atom is 0.133 e. The molecule has 2 heterocycles. The molecule has 2 aromatic heterocycles. The van der Waals surface area contributed by atoms with Gasteiger partial charge in [-0.05, 0) is 30.9 Å². The average molecular weight is 257 g/mol. The molecule has 0 aliphatic heterocycles. The van der Waals surface area contributed by atoms with Crippen LogP contribution in [0.5, 0.6) is 5.75 Å². The molecule has 0 saturated heterocycles. The number of nitrogens with zero attached hydrogens (tertiary/aromatic N) is 3. The smallest absolute Gasteiger partial charge is 0.133 e. The van der Waals surface area contributed by atoms with Gasteiger partial charge >= 0.3 is 0 Å². The lowest BCUT2D eigenvalue weighted by atomic mass is 9.89. The highest BCUT2D eigenvalue weighted by Gasteiger charge is 2.14. The van der Waals surface area contributed by atoms with E-state index in [2.05, 4.69) is 10.1 Å². The maximum atomic E-state index is 9.24. The number of hydrogen-bond donors (Lipinski definition) is 1. The zero-order valence-electron chi connectivity index (χ0n) is 11.0. The summed E-state index contributed by atoms with van der Waals surface area (Å²) >= 11 is 0. The van der Waals surface area contributed by atoms with Crippen LogP contribution in [0.1, 0.15) is 32.1 Å². The van der Waals surface area contributed by atoms with Crippen molar-refractivity contribution in [1.29, 1.82) is 0 Å². The SMILES string of the molecule is Oc1ccc(-c2cnn(CC3CCCCC3)c2)nc1. The van der Waals surface area contributed by atoms with Crippen molar-refractivity contribution in [3.05, 3.63) is 30.7 Å². The molecule has 1 fully saturated rings. The predicted molar refractivity (Wildman–Crippen MR) is 73.7 cm³/mol. The van der Waals surface area contributed by atoms with Crippen LogP contribution in [0.3, 0.4) is 0 Å². The number of pyridine rings is 1. The van der Waals surface area contributed by atoms with Crippen LogP contribution < -0.4 is 0 Å². The van der Waals surface area contributed by atoms with Crippen molar-refractivity contribution in [3.8, 4) is 17.0 Å². The van der Waals surface area contributed by atoms with E-state index in [-0.39, 0.29) is 5.75 Å². The molecule has 0 amide bonds. The molecule has 0 spiro atoms. The van der Waals surface area contributed by atoms with Gasteiger partial charge in [0.1, 0.15) is 5.75 Å². The first kappa shape index (κ1) is 12.2. The van der Waals surface area contributed by atoms with Gasteiger partial charge in [0.2, 0.25) is 0 Å². The molecule has 1 aliphatic rings. The zero-order chi connectivity index (χ0) is 13.1. The van der Waals surface area contributed by atoms with E-state index >= 15 is 0 Å². The third-order valence-electron chi connectivity index (χ3n) is 3.85. The van der Waals surface area contributed by atoms with Gasteiger partial charge in [0.05, 0.1) is 18.1 Å². The van der Waals surface area contributed by atoms with E-state index < -0.39 is 0 Å². The Morgan fingerprint density at radius 3 is 2.74 bits per heavy atom. The summed E-state index contributed by atoms with van der Waals surface area (Å²) < 4.78 is 2.03. The topological polar surface area (TPSA) is 50.9 Å². The molecule has 2 aromatic rings. The lowest BCUT2D eigenvalue weighted by molar-refractivity contribution is 0.308. The largest absolute Gasteiger partial charge is 0.506 e. The Balaban J connectivity index is 1.70. The second kappa shape index (κ2) is 5.43. The van der Waals surface area contributed by atoms with E-state index in [0.29, 0.717) is 0 Å². The molecule has 4 heteroatoms. The minimum atomic E-state index is 0.193. The van der Waals surface area contributed by atoms with Gasteiger partial charge in [-0.15, -0.1) is 0 Å². The van der Waals surface area contributed by atoms with Crippen molar-refractivity contribution in [2.45, 2.75) is 38.6 Å². The van der Waals surface area contributed by atoms with Gasteiger partial charge in [0.15, 0.2) is 0 Å². The molecule has 1 aliphatic carbocycles. The second-order valence-electron chi connectivity index (χ2n) is 5.36. The Morgan fingerprint density at radius 1 is 1.16 bits per heavy atom. The standard InChI is InChI=1S/C15H19N3O/c19-14-6-7-15(16-9-14)13-8-17-18(11-13)10-12-4-2-1-3-5-12/h6-9,11-12,19H,1-5,10H2. The molecule has 0 unspecified atom stereocenters. The summed E-state index contributed by atoms with van der Waals surface area (Å²) in [6.07, 6.45) is 12.1. The van der Waals surface area contributed by atoms with Crippen LogP contribution in [0, 0.1) is 5.92 Å². The van der Waals surface area contributed by atoms with Gasteiger partial charge in [0, 0.05) is 18.3 Å². The first-order valence-corrected chi connectivity index (χ1v) is 6.99. The quantitative estimate of drug-likeness (QED) is 0.918. The monoisotopic (exact) mass is 257 g/mol. The van der Waals surface area contributed by atoms with Gasteiger partial charge in [-0.2, -0.15) is 5.10 Å². The Labute approximate surface area is 113 Å². The van der Waals surface area contributed by atoms with Gasteiger partial charge in [-0.1, -0.05) is 19.3 Å². The summed E-state index contributed by atoms with van der Waals surface area (Å²) in [6.45, 7) is 1.01.